The number of likely N-dealkylation sites (N-methyl/N-ethyl adjacent to an activating group) is 1. The summed E-state index contributed by atoms with van der Waals surface area (Å²) in [5.41, 5.74) is -0.215. The first kappa shape index (κ1) is 40.0. The van der Waals surface area contributed by atoms with E-state index in [2.05, 4.69) is 27.8 Å². The number of piperidine rings is 1. The number of nitrogens with zero attached hydrogens (tertiary/aromatic N) is 2. The van der Waals surface area contributed by atoms with Crippen molar-refractivity contribution in [3.63, 3.8) is 0 Å². The number of amides is 6. The second kappa shape index (κ2) is 17.6. The number of carbonyl (C=O) groups excluding carboxylic acids is 7. The summed E-state index contributed by atoms with van der Waals surface area (Å²) in [6.45, 7) is 8.68. The Morgan fingerprint density at radius 2 is 1.65 bits per heavy atom. The summed E-state index contributed by atoms with van der Waals surface area (Å²) in [5, 5.41) is 10.5. The molecular formula is C38H54N6O8. The van der Waals surface area contributed by atoms with Crippen LogP contribution < -0.4 is 21.3 Å². The van der Waals surface area contributed by atoms with E-state index in [0.717, 1.165) is 38.5 Å². The van der Waals surface area contributed by atoms with Gasteiger partial charge in [0.05, 0.1) is 12.6 Å². The molecule has 284 valence electrons. The summed E-state index contributed by atoms with van der Waals surface area (Å²) >= 11 is 0. The molecule has 3 aliphatic rings. The van der Waals surface area contributed by atoms with E-state index in [-0.39, 0.29) is 36.0 Å². The molecule has 2 unspecified atom stereocenters. The maximum atomic E-state index is 14.2. The molecule has 6 atom stereocenters. The first-order valence-electron chi connectivity index (χ1n) is 18.2. The zero-order valence-electron chi connectivity index (χ0n) is 30.9. The van der Waals surface area contributed by atoms with Crippen LogP contribution in [0.25, 0.3) is 0 Å². The standard InChI is InChI=1S/C38H54N6O8/c1-7-8-19-27(32(46)34(48)39-21-28(45)41-29(35(49)43(5)6)23-15-11-9-12-16-23)40-33(47)31-26-20-25(26)22-44(31)36(50)30(24-17-13-10-14-18-24)42-37(51)52-38(2,3)4/h7,9,11-12,15-16,24-27,29-31H,1,8,10,13-14,17-22H2,2-6H3,(H,39,48)(H,40,47)(H,41,45)(H,42,51)/t25-,26-,27?,29-,30?,31-/m0/s1. The number of ether oxygens (including phenoxy) is 1. The zero-order valence-corrected chi connectivity index (χ0v) is 30.9. The summed E-state index contributed by atoms with van der Waals surface area (Å²) in [5.74, 6) is -4.11. The predicted molar refractivity (Wildman–Crippen MR) is 192 cm³/mol. The van der Waals surface area contributed by atoms with Crippen molar-refractivity contribution in [2.24, 2.45) is 17.8 Å². The third kappa shape index (κ3) is 10.6. The average Bonchev–Trinajstić information content (AvgIpc) is 3.77. The molecule has 14 heteroatoms. The Bertz CT molecular complexity index is 1500. The number of rotatable bonds is 15. The van der Waals surface area contributed by atoms with Crippen LogP contribution in [-0.4, -0.2) is 102 Å². The van der Waals surface area contributed by atoms with Crippen LogP contribution in [0.5, 0.6) is 0 Å². The van der Waals surface area contributed by atoms with Gasteiger partial charge in [-0.1, -0.05) is 55.7 Å². The minimum Gasteiger partial charge on any atom is -0.444 e. The lowest BCUT2D eigenvalue weighted by atomic mass is 9.83. The summed E-state index contributed by atoms with van der Waals surface area (Å²) in [7, 11) is 3.12. The van der Waals surface area contributed by atoms with Gasteiger partial charge in [0.1, 0.15) is 23.7 Å². The number of ketones is 1. The van der Waals surface area contributed by atoms with Crippen LogP contribution in [0.15, 0.2) is 43.0 Å². The van der Waals surface area contributed by atoms with E-state index in [0.29, 0.717) is 18.5 Å². The zero-order chi connectivity index (χ0) is 38.2. The Balaban J connectivity index is 1.42. The highest BCUT2D eigenvalue weighted by atomic mass is 16.6. The molecule has 1 saturated heterocycles. The molecule has 2 saturated carbocycles. The second-order valence-corrected chi connectivity index (χ2v) is 15.2. The molecule has 2 aliphatic carbocycles. The van der Waals surface area contributed by atoms with Crippen molar-refractivity contribution in [2.75, 3.05) is 27.2 Å². The molecule has 6 amide bonds. The number of fused-ring (bicyclic) bond motifs is 1. The van der Waals surface area contributed by atoms with Gasteiger partial charge in [-0.2, -0.15) is 0 Å². The fourth-order valence-corrected chi connectivity index (χ4v) is 7.11. The Kier molecular flexibility index (Phi) is 13.6. The van der Waals surface area contributed by atoms with E-state index >= 15 is 0 Å². The number of allylic oxidation sites excluding steroid dienone is 1. The predicted octanol–water partition coefficient (Wildman–Crippen LogP) is 2.39. The Hall–Kier alpha value is -4.75. The van der Waals surface area contributed by atoms with E-state index in [1.165, 1.54) is 9.80 Å². The second-order valence-electron chi connectivity index (χ2n) is 15.2. The summed E-state index contributed by atoms with van der Waals surface area (Å²) < 4.78 is 5.48. The Morgan fingerprint density at radius 1 is 0.981 bits per heavy atom. The minimum atomic E-state index is -1.25. The number of Topliss-reactive ketones (excluding diaryl/α,β-unsaturated/α-hetero) is 1. The fraction of sp³-hybridized carbons (Fsp3) is 0.605. The van der Waals surface area contributed by atoms with Crippen molar-refractivity contribution in [3.8, 4) is 0 Å². The van der Waals surface area contributed by atoms with Gasteiger partial charge >= 0.3 is 6.09 Å². The van der Waals surface area contributed by atoms with E-state index < -0.39 is 65.9 Å². The largest absolute Gasteiger partial charge is 0.444 e. The van der Waals surface area contributed by atoms with Gasteiger partial charge in [-0.3, -0.25) is 28.8 Å². The molecule has 0 spiro atoms. The van der Waals surface area contributed by atoms with Crippen molar-refractivity contribution in [3.05, 3.63) is 48.6 Å². The van der Waals surface area contributed by atoms with Crippen molar-refractivity contribution >= 4 is 41.4 Å². The molecule has 14 nitrogen and oxygen atoms in total. The van der Waals surface area contributed by atoms with Crippen LogP contribution in [0.3, 0.4) is 0 Å². The molecule has 1 heterocycles. The quantitative estimate of drug-likeness (QED) is 0.157. The van der Waals surface area contributed by atoms with Gasteiger partial charge in [0.25, 0.3) is 5.91 Å². The molecular weight excluding hydrogens is 668 g/mol. The lowest BCUT2D eigenvalue weighted by Gasteiger charge is -2.36. The van der Waals surface area contributed by atoms with Gasteiger partial charge in [-0.05, 0) is 76.2 Å². The highest BCUT2D eigenvalue weighted by Gasteiger charge is 2.58. The first-order valence-corrected chi connectivity index (χ1v) is 18.2. The first-order chi connectivity index (χ1) is 24.6. The molecule has 3 fully saturated rings. The Morgan fingerprint density at radius 3 is 2.27 bits per heavy atom. The minimum absolute atomic E-state index is 0.0702. The smallest absolute Gasteiger partial charge is 0.408 e. The maximum Gasteiger partial charge on any atom is 0.408 e. The number of hydrogen-bond donors (Lipinski definition) is 4. The lowest BCUT2D eigenvalue weighted by Crippen LogP contribution is -2.59. The monoisotopic (exact) mass is 722 g/mol. The molecule has 1 aromatic carbocycles. The maximum absolute atomic E-state index is 14.2. The molecule has 1 aromatic rings. The topological polar surface area (TPSA) is 183 Å². The molecule has 1 aliphatic heterocycles. The molecule has 52 heavy (non-hydrogen) atoms. The van der Waals surface area contributed by atoms with E-state index in [1.807, 2.05) is 0 Å². The van der Waals surface area contributed by atoms with Crippen molar-refractivity contribution in [1.29, 1.82) is 0 Å². The van der Waals surface area contributed by atoms with Crippen molar-refractivity contribution < 1.29 is 38.3 Å². The SMILES string of the molecule is C=CCCC(NC(=O)[C@@H]1[C@H]2C[C@H]2CN1C(=O)C(NC(=O)OC(C)(C)C)C1CCCCC1)C(=O)C(=O)NCC(=O)N[C@H](C(=O)N(C)C)c1ccccc1. The third-order valence-electron chi connectivity index (χ3n) is 9.81. The molecule has 0 aromatic heterocycles. The molecule has 4 rings (SSSR count). The fourth-order valence-electron chi connectivity index (χ4n) is 7.11. The van der Waals surface area contributed by atoms with Crippen LogP contribution in [-0.2, 0) is 33.5 Å². The number of benzene rings is 1. The summed E-state index contributed by atoms with van der Waals surface area (Å²) in [4.78, 5) is 96.0. The van der Waals surface area contributed by atoms with Crippen LogP contribution in [0.4, 0.5) is 4.79 Å². The number of nitrogens with one attached hydrogen (secondary N) is 4. The molecule has 4 N–H and O–H groups in total. The van der Waals surface area contributed by atoms with Crippen LogP contribution in [0.1, 0.15) is 83.7 Å². The molecule has 0 bridgehead atoms. The van der Waals surface area contributed by atoms with Gasteiger partial charge in [0.2, 0.25) is 29.4 Å². The van der Waals surface area contributed by atoms with E-state index in [4.69, 9.17) is 4.74 Å². The number of hydrogen-bond acceptors (Lipinski definition) is 8. The van der Waals surface area contributed by atoms with Gasteiger partial charge in [-0.15, -0.1) is 6.58 Å². The van der Waals surface area contributed by atoms with Crippen LogP contribution in [0.2, 0.25) is 0 Å². The van der Waals surface area contributed by atoms with Crippen LogP contribution >= 0.6 is 0 Å². The Labute approximate surface area is 305 Å². The summed E-state index contributed by atoms with van der Waals surface area (Å²) in [6, 6.07) is 4.63. The van der Waals surface area contributed by atoms with Crippen molar-refractivity contribution in [2.45, 2.75) is 102 Å². The normalized spacial score (nSPS) is 21.3. The lowest BCUT2D eigenvalue weighted by molar-refractivity contribution is -0.144. The average molecular weight is 723 g/mol. The highest BCUT2D eigenvalue weighted by molar-refractivity contribution is 6.38. The van der Waals surface area contributed by atoms with Gasteiger partial charge in [0, 0.05) is 20.6 Å². The highest BCUT2D eigenvalue weighted by Crippen LogP contribution is 2.50. The number of likely N-dealkylation sites (tertiary alicyclic amines) is 1. The van der Waals surface area contributed by atoms with Gasteiger partial charge in [-0.25, -0.2) is 4.79 Å². The van der Waals surface area contributed by atoms with E-state index in [1.54, 1.807) is 71.3 Å². The summed E-state index contributed by atoms with van der Waals surface area (Å²) in [6.07, 6.45) is 6.40. The van der Waals surface area contributed by atoms with Gasteiger partial charge in [0.15, 0.2) is 0 Å². The van der Waals surface area contributed by atoms with Gasteiger partial charge < -0.3 is 35.8 Å². The van der Waals surface area contributed by atoms with E-state index in [9.17, 15) is 33.6 Å². The molecule has 0 radical (unpaired) electrons. The third-order valence-corrected chi connectivity index (χ3v) is 9.81. The van der Waals surface area contributed by atoms with Crippen LogP contribution in [0, 0.1) is 17.8 Å². The van der Waals surface area contributed by atoms with Crippen molar-refractivity contribution in [1.82, 2.24) is 31.1 Å². The number of carbonyl (C=O) groups is 7. The number of alkyl carbamates (subject to hydrolysis) is 1.